The molecule has 0 radical (unpaired) electrons. The van der Waals surface area contributed by atoms with Crippen molar-refractivity contribution in [1.82, 2.24) is 9.97 Å². The normalized spacial score (nSPS) is 10.4. The highest BCUT2D eigenvalue weighted by molar-refractivity contribution is 9.10. The Labute approximate surface area is 115 Å². The first-order valence-corrected chi connectivity index (χ1v) is 6.54. The van der Waals surface area contributed by atoms with E-state index in [1.807, 2.05) is 0 Å². The van der Waals surface area contributed by atoms with E-state index in [4.69, 9.17) is 0 Å². The van der Waals surface area contributed by atoms with Crippen LogP contribution in [0.4, 0.5) is 14.6 Å². The maximum absolute atomic E-state index is 13.5. The van der Waals surface area contributed by atoms with Gasteiger partial charge in [-0.15, -0.1) is 0 Å². The van der Waals surface area contributed by atoms with E-state index in [0.29, 0.717) is 15.3 Å². The first-order valence-electron chi connectivity index (χ1n) is 4.93. The lowest BCUT2D eigenvalue weighted by Gasteiger charge is -2.07. The van der Waals surface area contributed by atoms with Gasteiger partial charge < -0.3 is 5.32 Å². The third-order valence-corrected chi connectivity index (χ3v) is 4.14. The van der Waals surface area contributed by atoms with Crippen molar-refractivity contribution < 1.29 is 8.78 Å². The lowest BCUT2D eigenvalue weighted by Crippen LogP contribution is -1.96. The summed E-state index contributed by atoms with van der Waals surface area (Å²) in [7, 11) is 1.71. The maximum atomic E-state index is 13.5. The molecule has 1 aromatic carbocycles. The summed E-state index contributed by atoms with van der Waals surface area (Å²) in [5.41, 5.74) is 0. The van der Waals surface area contributed by atoms with Gasteiger partial charge in [0.05, 0.1) is 9.37 Å². The van der Waals surface area contributed by atoms with Crippen LogP contribution in [0.3, 0.4) is 0 Å². The van der Waals surface area contributed by atoms with Crippen molar-refractivity contribution in [2.75, 3.05) is 12.4 Å². The van der Waals surface area contributed by atoms with Crippen LogP contribution in [-0.2, 0) is 0 Å². The van der Waals surface area contributed by atoms with Crippen LogP contribution in [0.5, 0.6) is 0 Å². The fourth-order valence-corrected chi connectivity index (χ4v) is 2.74. The van der Waals surface area contributed by atoms with Crippen molar-refractivity contribution >= 4 is 33.5 Å². The van der Waals surface area contributed by atoms with Crippen LogP contribution >= 0.6 is 27.7 Å². The summed E-state index contributed by atoms with van der Waals surface area (Å²) >= 11 is 4.35. The van der Waals surface area contributed by atoms with Gasteiger partial charge >= 0.3 is 0 Å². The highest BCUT2D eigenvalue weighted by atomic mass is 79.9. The number of anilines is 1. The molecule has 0 saturated heterocycles. The molecule has 7 heteroatoms. The van der Waals surface area contributed by atoms with Gasteiger partial charge in [0.25, 0.3) is 0 Å². The lowest BCUT2D eigenvalue weighted by molar-refractivity contribution is 0.577. The van der Waals surface area contributed by atoms with Crippen molar-refractivity contribution in [1.29, 1.82) is 0 Å². The number of hydrogen-bond donors (Lipinski definition) is 1. The monoisotopic (exact) mass is 331 g/mol. The topological polar surface area (TPSA) is 37.8 Å². The van der Waals surface area contributed by atoms with Gasteiger partial charge in [0.15, 0.2) is 0 Å². The largest absolute Gasteiger partial charge is 0.372 e. The number of rotatable bonds is 3. The fourth-order valence-electron chi connectivity index (χ4n) is 1.26. The SMILES string of the molecule is CNc1ncnc(Sc2cc(F)ccc2F)c1Br. The molecule has 0 aliphatic rings. The molecule has 0 aliphatic heterocycles. The summed E-state index contributed by atoms with van der Waals surface area (Å²) in [6.07, 6.45) is 1.36. The van der Waals surface area contributed by atoms with E-state index < -0.39 is 11.6 Å². The van der Waals surface area contributed by atoms with E-state index >= 15 is 0 Å². The Morgan fingerprint density at radius 2 is 2.06 bits per heavy atom. The average Bonchev–Trinajstić information content (AvgIpc) is 2.36. The van der Waals surface area contributed by atoms with E-state index in [1.54, 1.807) is 7.05 Å². The Morgan fingerprint density at radius 3 is 2.78 bits per heavy atom. The molecule has 0 saturated carbocycles. The second-order valence-electron chi connectivity index (χ2n) is 3.27. The quantitative estimate of drug-likeness (QED) is 0.870. The zero-order valence-electron chi connectivity index (χ0n) is 9.25. The van der Waals surface area contributed by atoms with Gasteiger partial charge in [-0.25, -0.2) is 18.7 Å². The maximum Gasteiger partial charge on any atom is 0.144 e. The lowest BCUT2D eigenvalue weighted by atomic mass is 10.3. The van der Waals surface area contributed by atoms with E-state index in [9.17, 15) is 8.78 Å². The van der Waals surface area contributed by atoms with E-state index in [0.717, 1.165) is 30.0 Å². The molecule has 0 amide bonds. The Bertz CT molecular complexity index is 580. The van der Waals surface area contributed by atoms with Crippen LogP contribution in [0.2, 0.25) is 0 Å². The van der Waals surface area contributed by atoms with Crippen molar-refractivity contribution in [3.05, 3.63) is 40.6 Å². The summed E-state index contributed by atoms with van der Waals surface area (Å²) in [5.74, 6) is -0.389. The molecule has 1 heterocycles. The van der Waals surface area contributed by atoms with Crippen LogP contribution in [0.1, 0.15) is 0 Å². The summed E-state index contributed by atoms with van der Waals surface area (Å²) < 4.78 is 27.2. The highest BCUT2D eigenvalue weighted by Crippen LogP contribution is 2.35. The third kappa shape index (κ3) is 2.78. The van der Waals surface area contributed by atoms with Crippen LogP contribution in [0, 0.1) is 11.6 Å². The van der Waals surface area contributed by atoms with Crippen molar-refractivity contribution in [3.63, 3.8) is 0 Å². The predicted octanol–water partition coefficient (Wildman–Crippen LogP) is 3.71. The molecule has 0 fully saturated rings. The summed E-state index contributed by atoms with van der Waals surface area (Å²) in [6, 6.07) is 3.30. The van der Waals surface area contributed by atoms with Crippen LogP contribution < -0.4 is 5.32 Å². The molecule has 0 atom stereocenters. The van der Waals surface area contributed by atoms with E-state index in [2.05, 4.69) is 31.2 Å². The fraction of sp³-hybridized carbons (Fsp3) is 0.0909. The molecule has 1 aromatic heterocycles. The molecule has 2 aromatic rings. The number of nitrogens with one attached hydrogen (secondary N) is 1. The van der Waals surface area contributed by atoms with E-state index in [1.165, 1.54) is 6.33 Å². The molecule has 1 N–H and O–H groups in total. The number of nitrogens with zero attached hydrogens (tertiary/aromatic N) is 2. The van der Waals surface area contributed by atoms with Crippen molar-refractivity contribution in [2.24, 2.45) is 0 Å². The Morgan fingerprint density at radius 1 is 1.28 bits per heavy atom. The molecule has 18 heavy (non-hydrogen) atoms. The Hall–Kier alpha value is -1.21. The molecule has 3 nitrogen and oxygen atoms in total. The number of hydrogen-bond acceptors (Lipinski definition) is 4. The number of aromatic nitrogens is 2. The van der Waals surface area contributed by atoms with Gasteiger partial charge in [0.1, 0.15) is 28.8 Å². The smallest absolute Gasteiger partial charge is 0.144 e. The molecule has 2 rings (SSSR count). The zero-order chi connectivity index (χ0) is 13.1. The molecule has 0 bridgehead atoms. The predicted molar refractivity (Wildman–Crippen MR) is 69.8 cm³/mol. The Kier molecular flexibility index (Phi) is 4.13. The van der Waals surface area contributed by atoms with Crippen molar-refractivity contribution in [2.45, 2.75) is 9.92 Å². The van der Waals surface area contributed by atoms with Crippen LogP contribution in [-0.4, -0.2) is 17.0 Å². The van der Waals surface area contributed by atoms with Gasteiger partial charge in [-0.05, 0) is 34.1 Å². The highest BCUT2D eigenvalue weighted by Gasteiger charge is 2.12. The molecule has 94 valence electrons. The van der Waals surface area contributed by atoms with Gasteiger partial charge in [0.2, 0.25) is 0 Å². The second kappa shape index (κ2) is 5.62. The molecule has 0 spiro atoms. The van der Waals surface area contributed by atoms with Crippen LogP contribution in [0.25, 0.3) is 0 Å². The van der Waals surface area contributed by atoms with Crippen molar-refractivity contribution in [3.8, 4) is 0 Å². The Balaban J connectivity index is 2.37. The molecular formula is C11H8BrF2N3S. The molecule has 0 aliphatic carbocycles. The molecular weight excluding hydrogens is 324 g/mol. The number of benzene rings is 1. The first-order chi connectivity index (χ1) is 8.61. The van der Waals surface area contributed by atoms with Gasteiger partial charge in [-0.3, -0.25) is 0 Å². The third-order valence-electron chi connectivity index (χ3n) is 2.09. The van der Waals surface area contributed by atoms with E-state index in [-0.39, 0.29) is 4.90 Å². The van der Waals surface area contributed by atoms with Gasteiger partial charge in [0, 0.05) is 7.05 Å². The minimum Gasteiger partial charge on any atom is -0.372 e. The zero-order valence-corrected chi connectivity index (χ0v) is 11.6. The summed E-state index contributed by atoms with van der Waals surface area (Å²) in [5, 5.41) is 3.38. The molecule has 0 unspecified atom stereocenters. The second-order valence-corrected chi connectivity index (χ2v) is 5.09. The summed E-state index contributed by atoms with van der Waals surface area (Å²) in [4.78, 5) is 8.19. The minimum absolute atomic E-state index is 0.177. The number of halogens is 3. The van der Waals surface area contributed by atoms with Gasteiger partial charge in [-0.1, -0.05) is 11.8 Å². The van der Waals surface area contributed by atoms with Crippen LogP contribution in [0.15, 0.2) is 38.9 Å². The summed E-state index contributed by atoms with van der Waals surface area (Å²) in [6.45, 7) is 0. The average molecular weight is 332 g/mol. The van der Waals surface area contributed by atoms with Gasteiger partial charge in [-0.2, -0.15) is 0 Å². The first kappa shape index (κ1) is 13.2. The standard InChI is InChI=1S/C11H8BrF2N3S/c1-15-10-9(12)11(17-5-16-10)18-8-4-6(13)2-3-7(8)14/h2-5H,1H3,(H,15,16,17). The minimum atomic E-state index is -0.488.